The first kappa shape index (κ1) is 19.9. The molecule has 0 amide bonds. The number of unbranched alkanes of at least 4 members (excludes halogenated alkanes) is 2. The van der Waals surface area contributed by atoms with Crippen LogP contribution in [0, 0.1) is 0 Å². The van der Waals surface area contributed by atoms with Crippen LogP contribution in [0.2, 0.25) is 0 Å². The molecule has 3 rings (SSSR count). The van der Waals surface area contributed by atoms with Crippen LogP contribution >= 0.6 is 12.4 Å². The molecule has 0 bridgehead atoms. The van der Waals surface area contributed by atoms with Crippen LogP contribution in [-0.4, -0.2) is 30.3 Å². The zero-order valence-corrected chi connectivity index (χ0v) is 15.8. The molecule has 3 N–H and O–H groups in total. The standard InChI is InChI=1S/C20H24N4O.ClH/c1-24(13-6-2-5-12-21)16-9-7-8-15(14-16)19-17-10-3-4-11-18(17)20(25)23-22-19;/h3-4,7-11,14H,2,5-6,12-13,21H2,1H3,(H,23,25);1H. The van der Waals surface area contributed by atoms with Crippen molar-refractivity contribution in [3.63, 3.8) is 0 Å². The zero-order chi connectivity index (χ0) is 17.6. The summed E-state index contributed by atoms with van der Waals surface area (Å²) < 4.78 is 0. The van der Waals surface area contributed by atoms with Crippen molar-refractivity contribution in [2.45, 2.75) is 19.3 Å². The van der Waals surface area contributed by atoms with Crippen LogP contribution in [0.15, 0.2) is 53.3 Å². The van der Waals surface area contributed by atoms with E-state index in [1.165, 1.54) is 0 Å². The molecule has 0 saturated carbocycles. The van der Waals surface area contributed by atoms with Gasteiger partial charge in [-0.3, -0.25) is 4.79 Å². The van der Waals surface area contributed by atoms with E-state index in [-0.39, 0.29) is 18.0 Å². The van der Waals surface area contributed by atoms with E-state index in [1.807, 2.05) is 36.4 Å². The van der Waals surface area contributed by atoms with Gasteiger partial charge in [-0.1, -0.05) is 36.8 Å². The van der Waals surface area contributed by atoms with Crippen LogP contribution < -0.4 is 16.2 Å². The third-order valence-corrected chi connectivity index (χ3v) is 4.45. The van der Waals surface area contributed by atoms with Gasteiger partial charge in [-0.2, -0.15) is 5.10 Å². The topological polar surface area (TPSA) is 75.0 Å². The summed E-state index contributed by atoms with van der Waals surface area (Å²) in [5, 5.41) is 8.43. The zero-order valence-electron chi connectivity index (χ0n) is 14.9. The van der Waals surface area contributed by atoms with Gasteiger partial charge < -0.3 is 10.6 Å². The van der Waals surface area contributed by atoms with Gasteiger partial charge in [-0.15, -0.1) is 12.4 Å². The van der Waals surface area contributed by atoms with E-state index in [0.717, 1.165) is 54.7 Å². The molecular weight excluding hydrogens is 348 g/mol. The number of H-pyrrole nitrogens is 1. The SMILES string of the molecule is CN(CCCCCN)c1cccc(-c2n[nH]c(=O)c3ccccc23)c1.Cl. The molecule has 26 heavy (non-hydrogen) atoms. The number of nitrogens with two attached hydrogens (primary N) is 1. The number of halogens is 1. The summed E-state index contributed by atoms with van der Waals surface area (Å²) in [5.74, 6) is 0. The minimum Gasteiger partial charge on any atom is -0.375 e. The first-order valence-corrected chi connectivity index (χ1v) is 8.70. The van der Waals surface area contributed by atoms with Gasteiger partial charge in [0.2, 0.25) is 0 Å². The molecule has 0 aliphatic rings. The molecule has 1 aromatic heterocycles. The molecule has 0 saturated heterocycles. The van der Waals surface area contributed by atoms with E-state index in [2.05, 4.69) is 34.3 Å². The van der Waals surface area contributed by atoms with Crippen molar-refractivity contribution in [2.24, 2.45) is 5.73 Å². The molecule has 0 atom stereocenters. The average molecular weight is 373 g/mol. The molecule has 0 aliphatic carbocycles. The summed E-state index contributed by atoms with van der Waals surface area (Å²) in [6, 6.07) is 15.8. The number of nitrogens with zero attached hydrogens (tertiary/aromatic N) is 2. The fourth-order valence-electron chi connectivity index (χ4n) is 3.02. The van der Waals surface area contributed by atoms with Crippen molar-refractivity contribution in [1.82, 2.24) is 10.2 Å². The summed E-state index contributed by atoms with van der Waals surface area (Å²) in [4.78, 5) is 14.2. The van der Waals surface area contributed by atoms with Crippen LogP contribution in [0.1, 0.15) is 19.3 Å². The third kappa shape index (κ3) is 4.42. The molecule has 0 spiro atoms. The molecule has 5 nitrogen and oxygen atoms in total. The predicted molar refractivity (Wildman–Crippen MR) is 111 cm³/mol. The van der Waals surface area contributed by atoms with E-state index in [9.17, 15) is 4.79 Å². The molecule has 1 heterocycles. The highest BCUT2D eigenvalue weighted by Gasteiger charge is 2.10. The second-order valence-electron chi connectivity index (χ2n) is 6.27. The number of fused-ring (bicyclic) bond motifs is 1. The highest BCUT2D eigenvalue weighted by molar-refractivity contribution is 5.94. The van der Waals surface area contributed by atoms with E-state index < -0.39 is 0 Å². The lowest BCUT2D eigenvalue weighted by Gasteiger charge is -2.20. The maximum atomic E-state index is 12.0. The highest BCUT2D eigenvalue weighted by Crippen LogP contribution is 2.27. The van der Waals surface area contributed by atoms with Gasteiger partial charge >= 0.3 is 0 Å². The van der Waals surface area contributed by atoms with E-state index in [0.29, 0.717) is 5.39 Å². The Hall–Kier alpha value is -2.37. The van der Waals surface area contributed by atoms with Crippen LogP contribution in [0.25, 0.3) is 22.0 Å². The summed E-state index contributed by atoms with van der Waals surface area (Å²) in [5.41, 5.74) is 8.33. The minimum absolute atomic E-state index is 0. The van der Waals surface area contributed by atoms with E-state index in [4.69, 9.17) is 5.73 Å². The highest BCUT2D eigenvalue weighted by atomic mass is 35.5. The second-order valence-corrected chi connectivity index (χ2v) is 6.27. The summed E-state index contributed by atoms with van der Waals surface area (Å²) in [7, 11) is 2.10. The van der Waals surface area contributed by atoms with Gasteiger partial charge in [0.15, 0.2) is 0 Å². The molecule has 0 aliphatic heterocycles. The molecule has 3 aromatic rings. The van der Waals surface area contributed by atoms with Crippen molar-refractivity contribution in [3.8, 4) is 11.3 Å². The second kappa shape index (κ2) is 9.36. The minimum atomic E-state index is -0.160. The molecule has 0 radical (unpaired) electrons. The number of aromatic nitrogens is 2. The number of rotatable bonds is 7. The quantitative estimate of drug-likeness (QED) is 0.621. The Balaban J connectivity index is 0.00000243. The first-order valence-electron chi connectivity index (χ1n) is 8.70. The fourth-order valence-corrected chi connectivity index (χ4v) is 3.02. The molecule has 138 valence electrons. The van der Waals surface area contributed by atoms with Crippen LogP contribution in [0.4, 0.5) is 5.69 Å². The fraction of sp³-hybridized carbons (Fsp3) is 0.300. The molecular formula is C20H25ClN4O. The van der Waals surface area contributed by atoms with Gasteiger partial charge in [0, 0.05) is 30.2 Å². The van der Waals surface area contributed by atoms with E-state index >= 15 is 0 Å². The lowest BCUT2D eigenvalue weighted by atomic mass is 10.0. The van der Waals surface area contributed by atoms with Gasteiger partial charge in [0.05, 0.1) is 11.1 Å². The molecule has 0 fully saturated rings. The van der Waals surface area contributed by atoms with Crippen LogP contribution in [0.3, 0.4) is 0 Å². The van der Waals surface area contributed by atoms with Crippen molar-refractivity contribution in [2.75, 3.05) is 25.0 Å². The lowest BCUT2D eigenvalue weighted by molar-refractivity contribution is 0.679. The lowest BCUT2D eigenvalue weighted by Crippen LogP contribution is -2.18. The van der Waals surface area contributed by atoms with Crippen LogP contribution in [-0.2, 0) is 0 Å². The Kier molecular flexibility index (Phi) is 7.18. The predicted octanol–water partition coefficient (Wildman–Crippen LogP) is 3.58. The number of aromatic amines is 1. The Morgan fingerprint density at radius 2 is 1.81 bits per heavy atom. The Labute approximate surface area is 159 Å². The summed E-state index contributed by atoms with van der Waals surface area (Å²) in [6.07, 6.45) is 3.34. The van der Waals surface area contributed by atoms with Crippen molar-refractivity contribution in [1.29, 1.82) is 0 Å². The summed E-state index contributed by atoms with van der Waals surface area (Å²) >= 11 is 0. The van der Waals surface area contributed by atoms with E-state index in [1.54, 1.807) is 0 Å². The number of hydrogen-bond acceptors (Lipinski definition) is 4. The molecule has 6 heteroatoms. The Bertz CT molecular complexity index is 909. The number of hydrogen-bond donors (Lipinski definition) is 2. The van der Waals surface area contributed by atoms with Crippen molar-refractivity contribution < 1.29 is 0 Å². The van der Waals surface area contributed by atoms with Crippen LogP contribution in [0.5, 0.6) is 0 Å². The van der Waals surface area contributed by atoms with Crippen molar-refractivity contribution in [3.05, 3.63) is 58.9 Å². The first-order chi connectivity index (χ1) is 12.2. The van der Waals surface area contributed by atoms with Crippen molar-refractivity contribution >= 4 is 28.9 Å². The average Bonchev–Trinajstić information content (AvgIpc) is 2.66. The van der Waals surface area contributed by atoms with Gasteiger partial charge in [0.1, 0.15) is 0 Å². The molecule has 2 aromatic carbocycles. The number of benzene rings is 2. The smallest absolute Gasteiger partial charge is 0.272 e. The third-order valence-electron chi connectivity index (χ3n) is 4.45. The van der Waals surface area contributed by atoms with Gasteiger partial charge in [0.25, 0.3) is 5.56 Å². The van der Waals surface area contributed by atoms with Gasteiger partial charge in [-0.25, -0.2) is 5.10 Å². The number of anilines is 1. The maximum Gasteiger partial charge on any atom is 0.272 e. The Morgan fingerprint density at radius 3 is 2.58 bits per heavy atom. The van der Waals surface area contributed by atoms with Gasteiger partial charge in [-0.05, 0) is 37.6 Å². The summed E-state index contributed by atoms with van der Waals surface area (Å²) in [6.45, 7) is 1.74. The normalized spacial score (nSPS) is 10.5. The Morgan fingerprint density at radius 1 is 1.04 bits per heavy atom. The molecule has 0 unspecified atom stereocenters. The monoisotopic (exact) mass is 372 g/mol. The number of nitrogens with one attached hydrogen (secondary N) is 1. The largest absolute Gasteiger partial charge is 0.375 e. The maximum absolute atomic E-state index is 12.0.